The van der Waals surface area contributed by atoms with E-state index in [9.17, 15) is 9.59 Å². The minimum absolute atomic E-state index is 0.0643. The van der Waals surface area contributed by atoms with Crippen molar-refractivity contribution in [3.05, 3.63) is 129 Å². The van der Waals surface area contributed by atoms with Gasteiger partial charge in [-0.2, -0.15) is 0 Å². The van der Waals surface area contributed by atoms with Gasteiger partial charge < -0.3 is 0 Å². The predicted octanol–water partition coefficient (Wildman–Crippen LogP) is 6.59. The molecule has 2 aromatic heterocycles. The molecule has 0 aliphatic heterocycles. The van der Waals surface area contributed by atoms with Gasteiger partial charge in [-0.1, -0.05) is 95.5 Å². The van der Waals surface area contributed by atoms with Crippen LogP contribution in [0.1, 0.15) is 31.8 Å². The molecular formula is C24H15Cl3N2O2. The number of rotatable bonds is 4. The van der Waals surface area contributed by atoms with Gasteiger partial charge in [0.05, 0.1) is 10.0 Å². The summed E-state index contributed by atoms with van der Waals surface area (Å²) < 4.78 is 0. The van der Waals surface area contributed by atoms with E-state index in [1.165, 1.54) is 24.7 Å². The average molecular weight is 470 g/mol. The monoisotopic (exact) mass is 468 g/mol. The Labute approximate surface area is 194 Å². The lowest BCUT2D eigenvalue weighted by Crippen LogP contribution is -2.01. The summed E-state index contributed by atoms with van der Waals surface area (Å²) >= 11 is 17.2. The molecule has 4 aromatic rings. The van der Waals surface area contributed by atoms with Gasteiger partial charge in [-0.05, 0) is 12.1 Å². The lowest BCUT2D eigenvalue weighted by Gasteiger charge is -2.01. The molecule has 0 bridgehead atoms. The van der Waals surface area contributed by atoms with Gasteiger partial charge >= 0.3 is 0 Å². The van der Waals surface area contributed by atoms with E-state index >= 15 is 0 Å². The minimum Gasteiger partial charge on any atom is -0.289 e. The third-order valence-corrected chi connectivity index (χ3v) is 4.99. The van der Waals surface area contributed by atoms with Crippen LogP contribution in [0.4, 0.5) is 0 Å². The molecule has 31 heavy (non-hydrogen) atoms. The summed E-state index contributed by atoms with van der Waals surface area (Å²) in [6.45, 7) is 0. The number of ketones is 2. The molecule has 0 atom stereocenters. The van der Waals surface area contributed by atoms with Crippen molar-refractivity contribution in [2.24, 2.45) is 0 Å². The second kappa shape index (κ2) is 10.8. The first-order valence-electron chi connectivity index (χ1n) is 9.07. The molecule has 7 heteroatoms. The summed E-state index contributed by atoms with van der Waals surface area (Å²) in [5, 5.41) is 0.950. The zero-order chi connectivity index (χ0) is 22.2. The Hall–Kier alpha value is -3.05. The molecule has 0 saturated carbocycles. The highest BCUT2D eigenvalue weighted by Crippen LogP contribution is 2.21. The standard InChI is InChI=1S/C12H7Cl2NO.C12H8ClNO/c13-10-6-9(7-15-12(10)14)11(16)8-4-2-1-3-5-8;13-11-6-10(7-14-8-11)12(15)9-4-2-1-3-5-9/h1-7H;1-8H. The lowest BCUT2D eigenvalue weighted by atomic mass is 10.1. The molecule has 2 aromatic carbocycles. The van der Waals surface area contributed by atoms with Crippen molar-refractivity contribution in [1.82, 2.24) is 9.97 Å². The molecule has 4 nitrogen and oxygen atoms in total. The number of hydrogen-bond donors (Lipinski definition) is 0. The Bertz CT molecular complexity index is 1200. The van der Waals surface area contributed by atoms with E-state index in [-0.39, 0.29) is 21.7 Å². The minimum atomic E-state index is -0.119. The Balaban J connectivity index is 0.000000176. The number of pyridine rings is 2. The van der Waals surface area contributed by atoms with Gasteiger partial charge in [0.2, 0.25) is 0 Å². The van der Waals surface area contributed by atoms with Crippen molar-refractivity contribution in [2.45, 2.75) is 0 Å². The van der Waals surface area contributed by atoms with E-state index < -0.39 is 0 Å². The van der Waals surface area contributed by atoms with Gasteiger partial charge in [0.1, 0.15) is 5.15 Å². The third-order valence-electron chi connectivity index (χ3n) is 4.10. The molecule has 0 spiro atoms. The molecule has 0 amide bonds. The fraction of sp³-hybridized carbons (Fsp3) is 0. The van der Waals surface area contributed by atoms with Gasteiger partial charge in [0.15, 0.2) is 11.6 Å². The maximum absolute atomic E-state index is 12.0. The van der Waals surface area contributed by atoms with Crippen LogP contribution in [0.5, 0.6) is 0 Å². The summed E-state index contributed by atoms with van der Waals surface area (Å²) in [6.07, 6.45) is 4.44. The quantitative estimate of drug-likeness (QED) is 0.250. The van der Waals surface area contributed by atoms with E-state index in [2.05, 4.69) is 9.97 Å². The van der Waals surface area contributed by atoms with Gasteiger partial charge in [-0.3, -0.25) is 14.6 Å². The fourth-order valence-electron chi connectivity index (χ4n) is 2.59. The molecule has 0 aliphatic rings. The largest absolute Gasteiger partial charge is 0.289 e. The zero-order valence-electron chi connectivity index (χ0n) is 16.0. The molecule has 4 rings (SSSR count). The molecule has 154 valence electrons. The Morgan fingerprint density at radius 1 is 0.613 bits per heavy atom. The van der Waals surface area contributed by atoms with Crippen molar-refractivity contribution in [2.75, 3.05) is 0 Å². The van der Waals surface area contributed by atoms with Crippen LogP contribution in [0.15, 0.2) is 91.4 Å². The SMILES string of the molecule is O=C(c1ccccc1)c1cnc(Cl)c(Cl)c1.O=C(c1ccccc1)c1cncc(Cl)c1. The number of aromatic nitrogens is 2. The van der Waals surface area contributed by atoms with E-state index in [1.54, 1.807) is 42.5 Å². The number of benzene rings is 2. The van der Waals surface area contributed by atoms with Crippen molar-refractivity contribution in [1.29, 1.82) is 0 Å². The van der Waals surface area contributed by atoms with Crippen LogP contribution >= 0.6 is 34.8 Å². The highest BCUT2D eigenvalue weighted by molar-refractivity contribution is 6.41. The van der Waals surface area contributed by atoms with E-state index in [0.29, 0.717) is 27.3 Å². The first-order chi connectivity index (χ1) is 15.0. The van der Waals surface area contributed by atoms with Gasteiger partial charge in [-0.25, -0.2) is 4.98 Å². The highest BCUT2D eigenvalue weighted by Gasteiger charge is 2.11. The van der Waals surface area contributed by atoms with E-state index in [4.69, 9.17) is 34.8 Å². The van der Waals surface area contributed by atoms with Crippen molar-refractivity contribution >= 4 is 46.4 Å². The number of nitrogens with zero attached hydrogens (tertiary/aromatic N) is 2. The fourth-order valence-corrected chi connectivity index (χ4v) is 3.04. The smallest absolute Gasteiger partial charge is 0.194 e. The van der Waals surface area contributed by atoms with Crippen molar-refractivity contribution < 1.29 is 9.59 Å². The second-order valence-electron chi connectivity index (χ2n) is 6.28. The van der Waals surface area contributed by atoms with Crippen molar-refractivity contribution in [3.8, 4) is 0 Å². The molecule has 0 aliphatic carbocycles. The van der Waals surface area contributed by atoms with Crippen LogP contribution in [0.2, 0.25) is 15.2 Å². The van der Waals surface area contributed by atoms with Crippen LogP contribution in [-0.2, 0) is 0 Å². The van der Waals surface area contributed by atoms with Crippen LogP contribution in [-0.4, -0.2) is 21.5 Å². The molecule has 0 fully saturated rings. The molecule has 0 saturated heterocycles. The van der Waals surface area contributed by atoms with Gasteiger partial charge in [-0.15, -0.1) is 0 Å². The Kier molecular flexibility index (Phi) is 7.90. The number of halogens is 3. The first kappa shape index (κ1) is 22.6. The molecule has 2 heterocycles. The Morgan fingerprint density at radius 2 is 1.13 bits per heavy atom. The maximum Gasteiger partial charge on any atom is 0.194 e. The average Bonchev–Trinajstić information content (AvgIpc) is 2.81. The van der Waals surface area contributed by atoms with Gasteiger partial charge in [0.25, 0.3) is 0 Å². The van der Waals surface area contributed by atoms with Crippen molar-refractivity contribution in [3.63, 3.8) is 0 Å². The van der Waals surface area contributed by atoms with Crippen LogP contribution in [0.25, 0.3) is 0 Å². The summed E-state index contributed by atoms with van der Waals surface area (Å²) in [5.74, 6) is -0.183. The normalized spacial score (nSPS) is 10.0. The third kappa shape index (κ3) is 6.22. The summed E-state index contributed by atoms with van der Waals surface area (Å²) in [5.41, 5.74) is 2.18. The predicted molar refractivity (Wildman–Crippen MR) is 123 cm³/mol. The topological polar surface area (TPSA) is 59.9 Å². The lowest BCUT2D eigenvalue weighted by molar-refractivity contribution is 0.103. The van der Waals surface area contributed by atoms with Crippen LogP contribution in [0, 0.1) is 0 Å². The first-order valence-corrected chi connectivity index (χ1v) is 10.2. The summed E-state index contributed by atoms with van der Waals surface area (Å²) in [7, 11) is 0. The second-order valence-corrected chi connectivity index (χ2v) is 7.48. The molecular weight excluding hydrogens is 455 g/mol. The Morgan fingerprint density at radius 3 is 1.61 bits per heavy atom. The van der Waals surface area contributed by atoms with Crippen LogP contribution < -0.4 is 0 Å². The number of carbonyl (C=O) groups excluding carboxylic acids is 2. The summed E-state index contributed by atoms with van der Waals surface area (Å²) in [4.78, 5) is 31.6. The summed E-state index contributed by atoms with van der Waals surface area (Å²) in [6, 6.07) is 21.1. The van der Waals surface area contributed by atoms with E-state index in [1.807, 2.05) is 24.3 Å². The van der Waals surface area contributed by atoms with E-state index in [0.717, 1.165) is 0 Å². The molecule has 0 N–H and O–H groups in total. The maximum atomic E-state index is 12.0. The van der Waals surface area contributed by atoms with Crippen LogP contribution in [0.3, 0.4) is 0 Å². The van der Waals surface area contributed by atoms with Gasteiger partial charge in [0, 0.05) is 40.8 Å². The number of carbonyl (C=O) groups is 2. The zero-order valence-corrected chi connectivity index (χ0v) is 18.3. The molecule has 0 unspecified atom stereocenters. The molecule has 0 radical (unpaired) electrons. The number of hydrogen-bond acceptors (Lipinski definition) is 4. The highest BCUT2D eigenvalue weighted by atomic mass is 35.5.